The van der Waals surface area contributed by atoms with Crippen LogP contribution in [0.2, 0.25) is 0 Å². The molecule has 0 spiro atoms. The fourth-order valence-corrected chi connectivity index (χ4v) is 5.83. The summed E-state index contributed by atoms with van der Waals surface area (Å²) in [6.45, 7) is 4.16. The van der Waals surface area contributed by atoms with Gasteiger partial charge >= 0.3 is 0 Å². The van der Waals surface area contributed by atoms with Crippen molar-refractivity contribution < 1.29 is 17.5 Å². The first-order chi connectivity index (χ1) is 16.4. The van der Waals surface area contributed by atoms with Crippen molar-refractivity contribution in [2.24, 2.45) is 0 Å². The van der Waals surface area contributed by atoms with E-state index in [4.69, 9.17) is 14.7 Å². The lowest BCUT2D eigenvalue weighted by Gasteiger charge is -2.31. The number of hydrogen-bond donors (Lipinski definition) is 0. The van der Waals surface area contributed by atoms with Crippen molar-refractivity contribution in [3.8, 4) is 11.6 Å². The Morgan fingerprint density at radius 2 is 1.74 bits per heavy atom. The molecule has 0 saturated carbocycles. The molecule has 7 nitrogen and oxygen atoms in total. The molecule has 2 aromatic carbocycles. The Balaban J connectivity index is 1.52. The summed E-state index contributed by atoms with van der Waals surface area (Å²) in [4.78, 5) is 11.8. The number of sulfonamides is 1. The minimum atomic E-state index is -3.80. The zero-order valence-corrected chi connectivity index (χ0v) is 19.9. The summed E-state index contributed by atoms with van der Waals surface area (Å²) in [6.07, 6.45) is 3.84. The van der Waals surface area contributed by atoms with Crippen LogP contribution in [0.3, 0.4) is 0 Å². The topological polar surface area (TPSA) is 75.6 Å². The molecule has 178 valence electrons. The summed E-state index contributed by atoms with van der Waals surface area (Å²) in [6, 6.07) is 12.6. The summed E-state index contributed by atoms with van der Waals surface area (Å²) in [5.74, 6) is 1.19. The lowest BCUT2D eigenvalue weighted by molar-refractivity contribution is 0.369. The number of nitrogens with zero attached hydrogens (tertiary/aromatic N) is 4. The predicted octanol–water partition coefficient (Wildman–Crippen LogP) is 4.45. The summed E-state index contributed by atoms with van der Waals surface area (Å²) < 4.78 is 47.5. The Labute approximate surface area is 199 Å². The van der Waals surface area contributed by atoms with Crippen molar-refractivity contribution in [2.75, 3.05) is 24.5 Å². The number of rotatable bonds is 5. The monoisotopic (exact) mass is 482 g/mol. The molecule has 0 N–H and O–H groups in total. The van der Waals surface area contributed by atoms with E-state index in [1.807, 2.05) is 31.2 Å². The average molecular weight is 483 g/mol. The number of aryl methyl sites for hydroxylation is 1. The molecular weight excluding hydrogens is 455 g/mol. The summed E-state index contributed by atoms with van der Waals surface area (Å²) >= 11 is 0. The Hall–Kier alpha value is -3.04. The molecule has 0 amide bonds. The van der Waals surface area contributed by atoms with Gasteiger partial charge < -0.3 is 9.64 Å². The van der Waals surface area contributed by atoms with E-state index in [2.05, 4.69) is 4.90 Å². The first kappa shape index (κ1) is 22.7. The highest BCUT2D eigenvalue weighted by atomic mass is 32.2. The van der Waals surface area contributed by atoms with E-state index < -0.39 is 15.8 Å². The standard InChI is InChI=1S/C25H27FN4O3S/c1-18-6-5-7-20(16-18)33-24-22-17-30(34(31,32)21-10-8-19(26)9-11-21)15-12-23(22)27-25(28-24)29-13-3-2-4-14-29/h5-11,16H,2-4,12-15,17H2,1H3. The fraction of sp³-hybridized carbons (Fsp3) is 0.360. The molecular formula is C25H27FN4O3S. The number of ether oxygens (including phenoxy) is 1. The minimum Gasteiger partial charge on any atom is -0.438 e. The van der Waals surface area contributed by atoms with Crippen LogP contribution in [-0.2, 0) is 23.0 Å². The van der Waals surface area contributed by atoms with Gasteiger partial charge in [-0.15, -0.1) is 0 Å². The van der Waals surface area contributed by atoms with Gasteiger partial charge in [-0.3, -0.25) is 0 Å². The molecule has 2 aliphatic heterocycles. The molecule has 0 bridgehead atoms. The molecule has 34 heavy (non-hydrogen) atoms. The molecule has 0 unspecified atom stereocenters. The van der Waals surface area contributed by atoms with E-state index in [0.29, 0.717) is 29.6 Å². The van der Waals surface area contributed by atoms with E-state index in [-0.39, 0.29) is 18.0 Å². The predicted molar refractivity (Wildman–Crippen MR) is 127 cm³/mol. The van der Waals surface area contributed by atoms with Crippen LogP contribution < -0.4 is 9.64 Å². The second-order valence-electron chi connectivity index (χ2n) is 8.76. The number of halogens is 1. The van der Waals surface area contributed by atoms with Crippen LogP contribution in [0, 0.1) is 12.7 Å². The van der Waals surface area contributed by atoms with E-state index in [9.17, 15) is 12.8 Å². The van der Waals surface area contributed by atoms with Gasteiger partial charge in [-0.2, -0.15) is 9.29 Å². The number of aromatic nitrogens is 2. The van der Waals surface area contributed by atoms with E-state index >= 15 is 0 Å². The van der Waals surface area contributed by atoms with Crippen LogP contribution in [0.1, 0.15) is 36.1 Å². The molecule has 0 aliphatic carbocycles. The van der Waals surface area contributed by atoms with E-state index in [1.165, 1.54) is 22.9 Å². The third-order valence-electron chi connectivity index (χ3n) is 6.27. The highest BCUT2D eigenvalue weighted by molar-refractivity contribution is 7.89. The van der Waals surface area contributed by atoms with Gasteiger partial charge in [0.25, 0.3) is 0 Å². The number of piperidine rings is 1. The lowest BCUT2D eigenvalue weighted by atomic mass is 10.1. The first-order valence-corrected chi connectivity index (χ1v) is 13.0. The number of fused-ring (bicyclic) bond motifs is 1. The third kappa shape index (κ3) is 4.63. The first-order valence-electron chi connectivity index (χ1n) is 11.6. The normalized spacial score (nSPS) is 16.8. The summed E-state index contributed by atoms with van der Waals surface area (Å²) in [5, 5.41) is 0. The second kappa shape index (κ2) is 9.31. The molecule has 9 heteroatoms. The quantitative estimate of drug-likeness (QED) is 0.535. The van der Waals surface area contributed by atoms with Gasteiger partial charge in [0.1, 0.15) is 11.6 Å². The Morgan fingerprint density at radius 1 is 0.971 bits per heavy atom. The number of benzene rings is 2. The Morgan fingerprint density at radius 3 is 2.47 bits per heavy atom. The Bertz CT molecular complexity index is 1290. The highest BCUT2D eigenvalue weighted by Crippen LogP contribution is 2.34. The van der Waals surface area contributed by atoms with Crippen LogP contribution in [0.5, 0.6) is 11.6 Å². The summed E-state index contributed by atoms with van der Waals surface area (Å²) in [7, 11) is -3.80. The smallest absolute Gasteiger partial charge is 0.243 e. The SMILES string of the molecule is Cc1cccc(Oc2nc(N3CCCCC3)nc3c2CN(S(=O)(=O)c2ccc(F)cc2)CC3)c1. The number of hydrogen-bond acceptors (Lipinski definition) is 6. The fourth-order valence-electron chi connectivity index (χ4n) is 4.42. The molecule has 0 radical (unpaired) electrons. The van der Waals surface area contributed by atoms with E-state index in [1.54, 1.807) is 0 Å². The molecule has 1 aromatic heterocycles. The van der Waals surface area contributed by atoms with Crippen LogP contribution in [0.4, 0.5) is 10.3 Å². The van der Waals surface area contributed by atoms with Gasteiger partial charge in [0.15, 0.2) is 0 Å². The molecule has 0 atom stereocenters. The highest BCUT2D eigenvalue weighted by Gasteiger charge is 2.32. The van der Waals surface area contributed by atoms with E-state index in [0.717, 1.165) is 49.3 Å². The van der Waals surface area contributed by atoms with Gasteiger partial charge in [0.05, 0.1) is 16.2 Å². The zero-order chi connectivity index (χ0) is 23.7. The van der Waals surface area contributed by atoms with Crippen molar-refractivity contribution >= 4 is 16.0 Å². The summed E-state index contributed by atoms with van der Waals surface area (Å²) in [5.41, 5.74) is 2.53. The van der Waals surface area contributed by atoms with Gasteiger partial charge in [-0.05, 0) is 68.1 Å². The molecule has 5 rings (SSSR count). The van der Waals surface area contributed by atoms with Crippen LogP contribution in [-0.4, -0.2) is 42.3 Å². The largest absolute Gasteiger partial charge is 0.438 e. The van der Waals surface area contributed by atoms with Crippen molar-refractivity contribution in [3.05, 3.63) is 71.2 Å². The molecule has 2 aliphatic rings. The van der Waals surface area contributed by atoms with Crippen molar-refractivity contribution in [2.45, 2.75) is 44.0 Å². The van der Waals surface area contributed by atoms with Crippen molar-refractivity contribution in [1.29, 1.82) is 0 Å². The van der Waals surface area contributed by atoms with Crippen molar-refractivity contribution in [1.82, 2.24) is 14.3 Å². The molecule has 3 aromatic rings. The lowest BCUT2D eigenvalue weighted by Crippen LogP contribution is -2.37. The molecule has 1 saturated heterocycles. The maximum absolute atomic E-state index is 13.3. The maximum Gasteiger partial charge on any atom is 0.243 e. The number of anilines is 1. The van der Waals surface area contributed by atoms with Crippen LogP contribution in [0.25, 0.3) is 0 Å². The third-order valence-corrected chi connectivity index (χ3v) is 8.13. The molecule has 1 fully saturated rings. The van der Waals surface area contributed by atoms with Crippen molar-refractivity contribution in [3.63, 3.8) is 0 Å². The second-order valence-corrected chi connectivity index (χ2v) is 10.7. The molecule has 3 heterocycles. The van der Waals surface area contributed by atoms with Gasteiger partial charge in [0.2, 0.25) is 21.9 Å². The van der Waals surface area contributed by atoms with Crippen LogP contribution >= 0.6 is 0 Å². The van der Waals surface area contributed by atoms with Gasteiger partial charge in [-0.25, -0.2) is 17.8 Å². The Kier molecular flexibility index (Phi) is 6.22. The minimum absolute atomic E-state index is 0.0596. The maximum atomic E-state index is 13.3. The zero-order valence-electron chi connectivity index (χ0n) is 19.1. The van der Waals surface area contributed by atoms with Gasteiger partial charge in [-0.1, -0.05) is 12.1 Å². The van der Waals surface area contributed by atoms with Crippen LogP contribution in [0.15, 0.2) is 53.4 Å². The van der Waals surface area contributed by atoms with Gasteiger partial charge in [0, 0.05) is 32.6 Å². The average Bonchev–Trinajstić information content (AvgIpc) is 2.84.